The number of nitrogen functional groups attached to an aromatic ring is 1. The fraction of sp³-hybridized carbons (Fsp3) is 0.526. The Bertz CT molecular complexity index is 929. The number of hydrogen-bond donors (Lipinski definition) is 2. The molecule has 1 fully saturated rings. The zero-order chi connectivity index (χ0) is 21.7. The summed E-state index contributed by atoms with van der Waals surface area (Å²) in [6, 6.07) is 9.48. The van der Waals surface area contributed by atoms with Crippen molar-refractivity contribution >= 4 is 27.8 Å². The summed E-state index contributed by atoms with van der Waals surface area (Å²) in [5.41, 5.74) is 6.77. The number of benzene rings is 1. The van der Waals surface area contributed by atoms with Gasteiger partial charge in [-0.2, -0.15) is 32.0 Å². The molecule has 0 radical (unpaired) electrons. The third-order valence-electron chi connectivity index (χ3n) is 5.25. The van der Waals surface area contributed by atoms with E-state index >= 15 is 0 Å². The summed E-state index contributed by atoms with van der Waals surface area (Å²) in [5, 5.41) is 3.14. The highest BCUT2D eigenvalue weighted by molar-refractivity contribution is 7.86. The Kier molecular flexibility index (Phi) is 7.19. The van der Waals surface area contributed by atoms with E-state index in [0.717, 1.165) is 5.69 Å². The first-order valence-electron chi connectivity index (χ1n) is 10.2. The molecular weight excluding hydrogens is 404 g/mol. The van der Waals surface area contributed by atoms with Gasteiger partial charge in [0.2, 0.25) is 11.9 Å². The highest BCUT2D eigenvalue weighted by Gasteiger charge is 2.32. The topological polar surface area (TPSA) is 121 Å². The van der Waals surface area contributed by atoms with E-state index in [9.17, 15) is 8.42 Å². The van der Waals surface area contributed by atoms with Crippen LogP contribution in [0.4, 0.5) is 17.6 Å². The molecule has 11 heteroatoms. The SMILES string of the molecule is CCN(CC)S(=O)(=O)N1CCN(C(C)c2nc(N)nc(Nc3ccccc3)n2)CC1. The van der Waals surface area contributed by atoms with E-state index < -0.39 is 10.2 Å². The first kappa shape index (κ1) is 22.3. The van der Waals surface area contributed by atoms with E-state index in [1.807, 2.05) is 51.1 Å². The van der Waals surface area contributed by atoms with Gasteiger partial charge in [-0.05, 0) is 19.1 Å². The molecule has 0 saturated carbocycles. The summed E-state index contributed by atoms with van der Waals surface area (Å²) in [5.74, 6) is 1.09. The average Bonchev–Trinajstić information content (AvgIpc) is 2.74. The van der Waals surface area contributed by atoms with Crippen LogP contribution < -0.4 is 11.1 Å². The van der Waals surface area contributed by atoms with E-state index in [0.29, 0.717) is 51.0 Å². The highest BCUT2D eigenvalue weighted by atomic mass is 32.2. The van der Waals surface area contributed by atoms with Gasteiger partial charge in [0.1, 0.15) is 0 Å². The predicted molar refractivity (Wildman–Crippen MR) is 117 cm³/mol. The van der Waals surface area contributed by atoms with Crippen molar-refractivity contribution in [1.29, 1.82) is 0 Å². The molecule has 164 valence electrons. The van der Waals surface area contributed by atoms with Gasteiger partial charge in [-0.25, -0.2) is 0 Å². The molecule has 0 bridgehead atoms. The van der Waals surface area contributed by atoms with Crippen LogP contribution in [0.5, 0.6) is 0 Å². The Labute approximate surface area is 178 Å². The molecule has 1 atom stereocenters. The van der Waals surface area contributed by atoms with Gasteiger partial charge in [0.25, 0.3) is 10.2 Å². The van der Waals surface area contributed by atoms with Crippen LogP contribution in [0.3, 0.4) is 0 Å². The minimum absolute atomic E-state index is 0.120. The molecular formula is C19H30N8O2S. The number of hydrogen-bond acceptors (Lipinski definition) is 8. The molecule has 3 rings (SSSR count). The van der Waals surface area contributed by atoms with Crippen LogP contribution in [0.15, 0.2) is 30.3 Å². The molecule has 10 nitrogen and oxygen atoms in total. The van der Waals surface area contributed by atoms with Crippen molar-refractivity contribution in [3.05, 3.63) is 36.2 Å². The Morgan fingerprint density at radius 3 is 2.30 bits per heavy atom. The fourth-order valence-corrected chi connectivity index (χ4v) is 5.10. The monoisotopic (exact) mass is 434 g/mol. The zero-order valence-corrected chi connectivity index (χ0v) is 18.5. The van der Waals surface area contributed by atoms with Crippen LogP contribution in [0.1, 0.15) is 32.6 Å². The van der Waals surface area contributed by atoms with E-state index in [2.05, 4.69) is 25.2 Å². The number of nitrogens with two attached hydrogens (primary N) is 1. The van der Waals surface area contributed by atoms with Gasteiger partial charge in [-0.1, -0.05) is 32.0 Å². The lowest BCUT2D eigenvalue weighted by atomic mass is 10.2. The van der Waals surface area contributed by atoms with Gasteiger partial charge in [0, 0.05) is 45.0 Å². The molecule has 3 N–H and O–H groups in total. The first-order chi connectivity index (χ1) is 14.3. The Hall–Kier alpha value is -2.34. The maximum Gasteiger partial charge on any atom is 0.282 e. The number of anilines is 3. The Morgan fingerprint density at radius 1 is 1.07 bits per heavy atom. The molecule has 2 heterocycles. The molecule has 1 saturated heterocycles. The second kappa shape index (κ2) is 9.65. The summed E-state index contributed by atoms with van der Waals surface area (Å²) in [6.07, 6.45) is 0. The molecule has 1 unspecified atom stereocenters. The van der Waals surface area contributed by atoms with Crippen molar-refractivity contribution in [2.45, 2.75) is 26.8 Å². The molecule has 0 aliphatic carbocycles. The minimum Gasteiger partial charge on any atom is -0.368 e. The van der Waals surface area contributed by atoms with Crippen molar-refractivity contribution in [2.24, 2.45) is 0 Å². The Morgan fingerprint density at radius 2 is 1.70 bits per heavy atom. The van der Waals surface area contributed by atoms with Gasteiger partial charge in [-0.3, -0.25) is 4.90 Å². The Balaban J connectivity index is 1.68. The van der Waals surface area contributed by atoms with Crippen LogP contribution >= 0.6 is 0 Å². The standard InChI is InChI=1S/C19H30N8O2S/c1-4-26(5-2)30(28,29)27-13-11-25(12-14-27)15(3)17-22-18(20)24-19(23-17)21-16-9-7-6-8-10-16/h6-10,15H,4-5,11-14H2,1-3H3,(H3,20,21,22,23,24). The van der Waals surface area contributed by atoms with E-state index in [1.54, 1.807) is 4.31 Å². The maximum atomic E-state index is 12.7. The van der Waals surface area contributed by atoms with Gasteiger partial charge in [-0.15, -0.1) is 0 Å². The average molecular weight is 435 g/mol. The number of piperazine rings is 1. The molecule has 0 amide bonds. The normalized spacial score (nSPS) is 17.2. The molecule has 0 spiro atoms. The van der Waals surface area contributed by atoms with Crippen LogP contribution in [0.2, 0.25) is 0 Å². The van der Waals surface area contributed by atoms with Crippen molar-refractivity contribution in [1.82, 2.24) is 28.5 Å². The van der Waals surface area contributed by atoms with Crippen LogP contribution in [0.25, 0.3) is 0 Å². The third-order valence-corrected chi connectivity index (χ3v) is 7.44. The smallest absolute Gasteiger partial charge is 0.282 e. The molecule has 30 heavy (non-hydrogen) atoms. The van der Waals surface area contributed by atoms with Crippen molar-refractivity contribution in [3.63, 3.8) is 0 Å². The zero-order valence-electron chi connectivity index (χ0n) is 17.7. The van der Waals surface area contributed by atoms with Gasteiger partial charge >= 0.3 is 0 Å². The third kappa shape index (κ3) is 5.04. The molecule has 1 aliphatic heterocycles. The summed E-state index contributed by atoms with van der Waals surface area (Å²) in [4.78, 5) is 15.2. The molecule has 2 aromatic rings. The minimum atomic E-state index is -3.42. The quantitative estimate of drug-likeness (QED) is 0.641. The van der Waals surface area contributed by atoms with Crippen LogP contribution in [-0.2, 0) is 10.2 Å². The summed E-state index contributed by atoms with van der Waals surface area (Å²) < 4.78 is 28.5. The van der Waals surface area contributed by atoms with Gasteiger partial charge < -0.3 is 11.1 Å². The predicted octanol–water partition coefficient (Wildman–Crippen LogP) is 1.46. The molecule has 1 aromatic carbocycles. The van der Waals surface area contributed by atoms with Gasteiger partial charge in [0.05, 0.1) is 6.04 Å². The fourth-order valence-electron chi connectivity index (χ4n) is 3.50. The van der Waals surface area contributed by atoms with Crippen LogP contribution in [0, 0.1) is 0 Å². The lowest BCUT2D eigenvalue weighted by Crippen LogP contribution is -2.53. The van der Waals surface area contributed by atoms with Crippen molar-refractivity contribution in [3.8, 4) is 0 Å². The largest absolute Gasteiger partial charge is 0.368 e. The van der Waals surface area contributed by atoms with Crippen molar-refractivity contribution < 1.29 is 8.42 Å². The van der Waals surface area contributed by atoms with E-state index in [1.165, 1.54) is 4.31 Å². The number of rotatable bonds is 8. The van der Waals surface area contributed by atoms with E-state index in [-0.39, 0.29) is 12.0 Å². The molecule has 1 aliphatic rings. The summed E-state index contributed by atoms with van der Waals surface area (Å²) >= 11 is 0. The first-order valence-corrected chi connectivity index (χ1v) is 11.6. The van der Waals surface area contributed by atoms with Crippen molar-refractivity contribution in [2.75, 3.05) is 50.3 Å². The number of para-hydroxylation sites is 1. The summed E-state index contributed by atoms with van der Waals surface area (Å²) in [6.45, 7) is 8.68. The molecule has 1 aromatic heterocycles. The highest BCUT2D eigenvalue weighted by Crippen LogP contribution is 2.22. The second-order valence-corrected chi connectivity index (χ2v) is 9.00. The maximum absolute atomic E-state index is 12.7. The van der Waals surface area contributed by atoms with E-state index in [4.69, 9.17) is 5.73 Å². The number of aromatic nitrogens is 3. The number of nitrogens with zero attached hydrogens (tertiary/aromatic N) is 6. The second-order valence-electron chi connectivity index (χ2n) is 7.07. The summed E-state index contributed by atoms with van der Waals surface area (Å²) in [7, 11) is -3.42. The lowest BCUT2D eigenvalue weighted by Gasteiger charge is -2.38. The lowest BCUT2D eigenvalue weighted by molar-refractivity contribution is 0.137. The van der Waals surface area contributed by atoms with Crippen LogP contribution in [-0.4, -0.2) is 76.1 Å². The van der Waals surface area contributed by atoms with Gasteiger partial charge in [0.15, 0.2) is 5.82 Å². The number of nitrogens with one attached hydrogen (secondary N) is 1.